The maximum atomic E-state index is 11.0. The molecule has 0 saturated carbocycles. The first-order chi connectivity index (χ1) is 6.26. The van der Waals surface area contributed by atoms with Crippen molar-refractivity contribution in [1.82, 2.24) is 10.3 Å². The van der Waals surface area contributed by atoms with E-state index in [1.54, 1.807) is 0 Å². The summed E-state index contributed by atoms with van der Waals surface area (Å²) in [5.74, 6) is 0.00496. The molecular formula is C8H13N3OS. The smallest absolute Gasteiger partial charge is 0.225 e. The van der Waals surface area contributed by atoms with Gasteiger partial charge in [0.15, 0.2) is 5.13 Å². The van der Waals surface area contributed by atoms with Gasteiger partial charge in [0.2, 0.25) is 5.91 Å². The molecule has 0 bridgehead atoms. The fourth-order valence-electron chi connectivity index (χ4n) is 0.834. The number of nitrogens with zero attached hydrogens (tertiary/aromatic N) is 1. The van der Waals surface area contributed by atoms with Crippen molar-refractivity contribution in [1.29, 1.82) is 0 Å². The molecule has 0 radical (unpaired) electrons. The predicted octanol–water partition coefficient (Wildman–Crippen LogP) is 1.21. The maximum Gasteiger partial charge on any atom is 0.225 e. The SMILES string of the molecule is CCC(=O)Nc1nc(CNC)cs1. The molecule has 1 aromatic rings. The Hall–Kier alpha value is -0.940. The highest BCUT2D eigenvalue weighted by Crippen LogP contribution is 2.15. The van der Waals surface area contributed by atoms with Crippen LogP contribution >= 0.6 is 11.3 Å². The predicted molar refractivity (Wildman–Crippen MR) is 53.8 cm³/mol. The Morgan fingerprint density at radius 2 is 2.46 bits per heavy atom. The topological polar surface area (TPSA) is 54.0 Å². The molecule has 0 spiro atoms. The molecule has 0 atom stereocenters. The lowest BCUT2D eigenvalue weighted by Gasteiger charge is -1.96. The van der Waals surface area contributed by atoms with Crippen molar-refractivity contribution in [2.45, 2.75) is 19.9 Å². The summed E-state index contributed by atoms with van der Waals surface area (Å²) in [6, 6.07) is 0. The fourth-order valence-corrected chi connectivity index (χ4v) is 1.56. The molecule has 5 heteroatoms. The lowest BCUT2D eigenvalue weighted by Crippen LogP contribution is -2.10. The van der Waals surface area contributed by atoms with Crippen molar-refractivity contribution in [2.75, 3.05) is 12.4 Å². The molecule has 0 aliphatic rings. The van der Waals surface area contributed by atoms with Crippen LogP contribution in [0.3, 0.4) is 0 Å². The molecule has 0 unspecified atom stereocenters. The number of rotatable bonds is 4. The van der Waals surface area contributed by atoms with Crippen LogP contribution in [0.1, 0.15) is 19.0 Å². The number of anilines is 1. The summed E-state index contributed by atoms with van der Waals surface area (Å²) in [6.07, 6.45) is 0.487. The van der Waals surface area contributed by atoms with Gasteiger partial charge < -0.3 is 10.6 Å². The van der Waals surface area contributed by atoms with E-state index in [9.17, 15) is 4.79 Å². The number of amides is 1. The van der Waals surface area contributed by atoms with Gasteiger partial charge in [0.1, 0.15) is 0 Å². The molecule has 1 amide bonds. The Morgan fingerprint density at radius 1 is 1.69 bits per heavy atom. The summed E-state index contributed by atoms with van der Waals surface area (Å²) in [6.45, 7) is 2.55. The van der Waals surface area contributed by atoms with E-state index >= 15 is 0 Å². The minimum Gasteiger partial charge on any atom is -0.314 e. The zero-order chi connectivity index (χ0) is 9.68. The highest BCUT2D eigenvalue weighted by molar-refractivity contribution is 7.13. The van der Waals surface area contributed by atoms with Gasteiger partial charge in [-0.2, -0.15) is 0 Å². The molecule has 72 valence electrons. The van der Waals surface area contributed by atoms with E-state index in [-0.39, 0.29) is 5.91 Å². The number of hydrogen-bond acceptors (Lipinski definition) is 4. The molecule has 1 heterocycles. The molecule has 2 N–H and O–H groups in total. The second kappa shape index (κ2) is 4.94. The highest BCUT2D eigenvalue weighted by atomic mass is 32.1. The first kappa shape index (κ1) is 10.1. The van der Waals surface area contributed by atoms with E-state index in [0.29, 0.717) is 11.6 Å². The molecular weight excluding hydrogens is 186 g/mol. The van der Waals surface area contributed by atoms with Crippen LogP contribution in [0.4, 0.5) is 5.13 Å². The highest BCUT2D eigenvalue weighted by Gasteiger charge is 2.03. The first-order valence-electron chi connectivity index (χ1n) is 4.15. The quantitative estimate of drug-likeness (QED) is 0.766. The number of carbonyl (C=O) groups excluding carboxylic acids is 1. The lowest BCUT2D eigenvalue weighted by molar-refractivity contribution is -0.115. The standard InChI is InChI=1S/C8H13N3OS/c1-3-7(12)11-8-10-6(4-9-2)5-13-8/h5,9H,3-4H2,1-2H3,(H,10,11,12). The Balaban J connectivity index is 2.53. The number of nitrogens with one attached hydrogen (secondary N) is 2. The van der Waals surface area contributed by atoms with Crippen LogP contribution in [-0.2, 0) is 11.3 Å². The minimum atomic E-state index is 0.00496. The van der Waals surface area contributed by atoms with E-state index in [1.807, 2.05) is 19.4 Å². The number of aromatic nitrogens is 1. The Morgan fingerprint density at radius 3 is 3.08 bits per heavy atom. The van der Waals surface area contributed by atoms with E-state index in [2.05, 4.69) is 15.6 Å². The fraction of sp³-hybridized carbons (Fsp3) is 0.500. The lowest BCUT2D eigenvalue weighted by atomic mass is 10.5. The average molecular weight is 199 g/mol. The van der Waals surface area contributed by atoms with E-state index in [4.69, 9.17) is 0 Å². The second-order valence-corrected chi connectivity index (χ2v) is 3.43. The van der Waals surface area contributed by atoms with Gasteiger partial charge in [0.25, 0.3) is 0 Å². The second-order valence-electron chi connectivity index (χ2n) is 2.58. The van der Waals surface area contributed by atoms with Crippen molar-refractivity contribution in [3.63, 3.8) is 0 Å². The number of thiazole rings is 1. The van der Waals surface area contributed by atoms with Gasteiger partial charge in [0, 0.05) is 18.3 Å². The van der Waals surface area contributed by atoms with Gasteiger partial charge in [-0.3, -0.25) is 4.79 Å². The number of carbonyl (C=O) groups is 1. The van der Waals surface area contributed by atoms with Crippen LogP contribution in [0.25, 0.3) is 0 Å². The van der Waals surface area contributed by atoms with Crippen LogP contribution in [-0.4, -0.2) is 17.9 Å². The third kappa shape index (κ3) is 3.12. The van der Waals surface area contributed by atoms with Crippen LogP contribution in [0.15, 0.2) is 5.38 Å². The van der Waals surface area contributed by atoms with Gasteiger partial charge in [-0.1, -0.05) is 6.92 Å². The normalized spacial score (nSPS) is 10.0. The Labute approximate surface area is 81.4 Å². The van der Waals surface area contributed by atoms with Crippen molar-refractivity contribution in [2.24, 2.45) is 0 Å². The molecule has 0 saturated heterocycles. The van der Waals surface area contributed by atoms with Gasteiger partial charge >= 0.3 is 0 Å². The molecule has 4 nitrogen and oxygen atoms in total. The summed E-state index contributed by atoms with van der Waals surface area (Å²) in [7, 11) is 1.86. The van der Waals surface area contributed by atoms with E-state index < -0.39 is 0 Å². The van der Waals surface area contributed by atoms with E-state index in [0.717, 1.165) is 12.2 Å². The largest absolute Gasteiger partial charge is 0.314 e. The van der Waals surface area contributed by atoms with Crippen molar-refractivity contribution < 1.29 is 4.79 Å². The minimum absolute atomic E-state index is 0.00496. The molecule has 13 heavy (non-hydrogen) atoms. The zero-order valence-corrected chi connectivity index (χ0v) is 8.57. The summed E-state index contributed by atoms with van der Waals surface area (Å²) in [5, 5.41) is 8.32. The Kier molecular flexibility index (Phi) is 3.85. The van der Waals surface area contributed by atoms with Gasteiger partial charge in [0.05, 0.1) is 5.69 Å². The third-order valence-electron chi connectivity index (χ3n) is 1.48. The molecule has 0 aromatic carbocycles. The van der Waals surface area contributed by atoms with Gasteiger partial charge in [-0.05, 0) is 7.05 Å². The zero-order valence-electron chi connectivity index (χ0n) is 7.76. The van der Waals surface area contributed by atoms with E-state index in [1.165, 1.54) is 11.3 Å². The third-order valence-corrected chi connectivity index (χ3v) is 2.28. The maximum absolute atomic E-state index is 11.0. The number of hydrogen-bond donors (Lipinski definition) is 2. The van der Waals surface area contributed by atoms with Crippen LogP contribution in [0, 0.1) is 0 Å². The molecule has 1 rings (SSSR count). The first-order valence-corrected chi connectivity index (χ1v) is 5.03. The molecule has 0 aliphatic carbocycles. The summed E-state index contributed by atoms with van der Waals surface area (Å²) in [4.78, 5) is 15.2. The van der Waals surface area contributed by atoms with Crippen LogP contribution in [0.2, 0.25) is 0 Å². The monoisotopic (exact) mass is 199 g/mol. The summed E-state index contributed by atoms with van der Waals surface area (Å²) >= 11 is 1.45. The summed E-state index contributed by atoms with van der Waals surface area (Å²) in [5.41, 5.74) is 0.957. The average Bonchev–Trinajstić information content (AvgIpc) is 2.53. The van der Waals surface area contributed by atoms with Gasteiger partial charge in [-0.15, -0.1) is 11.3 Å². The molecule has 0 aliphatic heterocycles. The Bertz CT molecular complexity index is 285. The van der Waals surface area contributed by atoms with Crippen molar-refractivity contribution in [3.05, 3.63) is 11.1 Å². The van der Waals surface area contributed by atoms with Gasteiger partial charge in [-0.25, -0.2) is 4.98 Å². The van der Waals surface area contributed by atoms with Crippen LogP contribution in [0.5, 0.6) is 0 Å². The van der Waals surface area contributed by atoms with Crippen molar-refractivity contribution in [3.8, 4) is 0 Å². The van der Waals surface area contributed by atoms with Crippen molar-refractivity contribution >= 4 is 22.4 Å². The molecule has 1 aromatic heterocycles. The molecule has 0 fully saturated rings. The summed E-state index contributed by atoms with van der Waals surface area (Å²) < 4.78 is 0. The van der Waals surface area contributed by atoms with Crippen LogP contribution < -0.4 is 10.6 Å².